The molecule has 1 N–H and O–H groups in total. The van der Waals surface area contributed by atoms with E-state index in [9.17, 15) is 4.39 Å². The van der Waals surface area contributed by atoms with E-state index >= 15 is 0 Å². The molecule has 0 aliphatic heterocycles. The third-order valence-corrected chi connectivity index (χ3v) is 3.04. The maximum atomic E-state index is 13.0. The molecule has 4 heteroatoms. The first-order valence-corrected chi connectivity index (χ1v) is 6.58. The Labute approximate surface area is 114 Å². The van der Waals surface area contributed by atoms with E-state index in [0.717, 1.165) is 29.9 Å². The van der Waals surface area contributed by atoms with Gasteiger partial charge in [0.05, 0.1) is 5.70 Å². The lowest BCUT2D eigenvalue weighted by atomic mass is 10.1. The summed E-state index contributed by atoms with van der Waals surface area (Å²) < 4.78 is 14.6. The average molecular weight is 271 g/mol. The second kappa shape index (κ2) is 7.27. The molecule has 0 aliphatic carbocycles. The van der Waals surface area contributed by atoms with Crippen LogP contribution in [0.15, 0.2) is 30.0 Å². The van der Waals surface area contributed by atoms with E-state index in [-0.39, 0.29) is 5.82 Å². The molecule has 18 heavy (non-hydrogen) atoms. The molecule has 1 aromatic rings. The van der Waals surface area contributed by atoms with Crippen molar-refractivity contribution in [3.05, 3.63) is 41.3 Å². The molecule has 0 fully saturated rings. The highest BCUT2D eigenvalue weighted by molar-refractivity contribution is 6.17. The first-order valence-electron chi connectivity index (χ1n) is 6.24. The Morgan fingerprint density at radius 2 is 1.89 bits per heavy atom. The summed E-state index contributed by atoms with van der Waals surface area (Å²) in [4.78, 5) is 0. The first-order chi connectivity index (χ1) is 8.60. The van der Waals surface area contributed by atoms with Crippen LogP contribution >= 0.6 is 11.8 Å². The zero-order valence-electron chi connectivity index (χ0n) is 11.1. The minimum atomic E-state index is -0.241. The zero-order valence-corrected chi connectivity index (χ0v) is 11.9. The molecule has 2 nitrogen and oxygen atoms in total. The van der Waals surface area contributed by atoms with Crippen LogP contribution in [0, 0.1) is 5.82 Å². The van der Waals surface area contributed by atoms with Crippen molar-refractivity contribution in [2.45, 2.75) is 27.2 Å². The summed E-state index contributed by atoms with van der Waals surface area (Å²) in [6.45, 7) is 7.64. The molecule has 0 heterocycles. The van der Waals surface area contributed by atoms with Gasteiger partial charge in [0.25, 0.3) is 0 Å². The van der Waals surface area contributed by atoms with Gasteiger partial charge in [0, 0.05) is 36.1 Å². The summed E-state index contributed by atoms with van der Waals surface area (Å²) in [5.41, 5.74) is 2.81. The highest BCUT2D eigenvalue weighted by Gasteiger charge is 2.12. The van der Waals surface area contributed by atoms with E-state index in [1.165, 1.54) is 12.1 Å². The molecule has 1 rings (SSSR count). The van der Waals surface area contributed by atoms with Crippen molar-refractivity contribution < 1.29 is 4.39 Å². The van der Waals surface area contributed by atoms with Crippen molar-refractivity contribution in [2.24, 2.45) is 0 Å². The standard InChI is InChI=1S/C14H20ClFN2/c1-4-10-17-11(3)14(18(15)5-2)12-6-8-13(16)9-7-12/h6-9,17H,4-5,10H2,1-3H3/b14-11+. The monoisotopic (exact) mass is 270 g/mol. The van der Waals surface area contributed by atoms with E-state index in [1.54, 1.807) is 16.6 Å². The molecule has 0 bridgehead atoms. The van der Waals surface area contributed by atoms with Crippen molar-refractivity contribution in [2.75, 3.05) is 13.1 Å². The summed E-state index contributed by atoms with van der Waals surface area (Å²) in [6.07, 6.45) is 1.04. The molecule has 0 atom stereocenters. The Hall–Kier alpha value is -1.22. The van der Waals surface area contributed by atoms with E-state index < -0.39 is 0 Å². The van der Waals surface area contributed by atoms with Crippen LogP contribution in [0.3, 0.4) is 0 Å². The Morgan fingerprint density at radius 3 is 2.39 bits per heavy atom. The number of nitrogens with one attached hydrogen (secondary N) is 1. The smallest absolute Gasteiger partial charge is 0.123 e. The fourth-order valence-corrected chi connectivity index (χ4v) is 1.93. The molecule has 100 valence electrons. The molecule has 0 saturated heterocycles. The SMILES string of the molecule is CCCN/C(C)=C(\c1ccc(F)cc1)N(Cl)CC. The number of allylic oxidation sites excluding steroid dienone is 1. The molecular weight excluding hydrogens is 251 g/mol. The van der Waals surface area contributed by atoms with Crippen LogP contribution in [0.4, 0.5) is 4.39 Å². The van der Waals surface area contributed by atoms with Crippen LogP contribution in [0.1, 0.15) is 32.8 Å². The summed E-state index contributed by atoms with van der Waals surface area (Å²) >= 11 is 6.22. The highest BCUT2D eigenvalue weighted by atomic mass is 35.5. The molecule has 0 aromatic heterocycles. The van der Waals surface area contributed by atoms with Crippen LogP contribution < -0.4 is 5.32 Å². The van der Waals surface area contributed by atoms with Gasteiger partial charge in [-0.2, -0.15) is 0 Å². The molecule has 0 unspecified atom stereocenters. The number of benzene rings is 1. The lowest BCUT2D eigenvalue weighted by Crippen LogP contribution is -2.19. The Bertz CT molecular complexity index is 401. The van der Waals surface area contributed by atoms with Crippen LogP contribution in [-0.2, 0) is 0 Å². The van der Waals surface area contributed by atoms with Gasteiger partial charge in [-0.3, -0.25) is 4.42 Å². The van der Waals surface area contributed by atoms with Gasteiger partial charge < -0.3 is 5.32 Å². The van der Waals surface area contributed by atoms with E-state index in [0.29, 0.717) is 6.54 Å². The van der Waals surface area contributed by atoms with Crippen molar-refractivity contribution in [1.29, 1.82) is 0 Å². The first kappa shape index (κ1) is 14.8. The molecule has 0 radical (unpaired) electrons. The summed E-state index contributed by atoms with van der Waals surface area (Å²) in [5.74, 6) is -0.241. The van der Waals surface area contributed by atoms with E-state index in [4.69, 9.17) is 11.8 Å². The predicted molar refractivity (Wildman–Crippen MR) is 75.5 cm³/mol. The molecular formula is C14H20ClFN2. The Kier molecular flexibility index (Phi) is 5.99. The number of nitrogens with zero attached hydrogens (tertiary/aromatic N) is 1. The Morgan fingerprint density at radius 1 is 1.28 bits per heavy atom. The van der Waals surface area contributed by atoms with Crippen molar-refractivity contribution in [3.63, 3.8) is 0 Å². The van der Waals surface area contributed by atoms with Gasteiger partial charge in [0.2, 0.25) is 0 Å². The lowest BCUT2D eigenvalue weighted by molar-refractivity contribution is 0.625. The fraction of sp³-hybridized carbons (Fsp3) is 0.429. The zero-order chi connectivity index (χ0) is 13.5. The number of halogens is 2. The lowest BCUT2D eigenvalue weighted by Gasteiger charge is -2.21. The van der Waals surface area contributed by atoms with E-state index in [2.05, 4.69) is 12.2 Å². The van der Waals surface area contributed by atoms with Gasteiger partial charge in [-0.05, 0) is 44.5 Å². The van der Waals surface area contributed by atoms with Gasteiger partial charge in [0.1, 0.15) is 5.82 Å². The van der Waals surface area contributed by atoms with Crippen LogP contribution in [-0.4, -0.2) is 17.5 Å². The van der Waals surface area contributed by atoms with Gasteiger partial charge in [0.15, 0.2) is 0 Å². The molecule has 0 aliphatic rings. The molecule has 0 amide bonds. The van der Waals surface area contributed by atoms with Crippen molar-refractivity contribution in [3.8, 4) is 0 Å². The third-order valence-electron chi connectivity index (χ3n) is 2.63. The quantitative estimate of drug-likeness (QED) is 0.787. The maximum absolute atomic E-state index is 13.0. The largest absolute Gasteiger partial charge is 0.387 e. The molecule has 0 spiro atoms. The normalized spacial score (nSPS) is 12.1. The van der Waals surface area contributed by atoms with Crippen LogP contribution in [0.25, 0.3) is 5.70 Å². The van der Waals surface area contributed by atoms with Gasteiger partial charge >= 0.3 is 0 Å². The third kappa shape index (κ3) is 3.91. The van der Waals surface area contributed by atoms with Gasteiger partial charge in [-0.1, -0.05) is 6.92 Å². The number of rotatable bonds is 6. The van der Waals surface area contributed by atoms with Gasteiger partial charge in [-0.25, -0.2) is 4.39 Å². The van der Waals surface area contributed by atoms with Gasteiger partial charge in [-0.15, -0.1) is 0 Å². The van der Waals surface area contributed by atoms with Crippen LogP contribution in [0.2, 0.25) is 0 Å². The van der Waals surface area contributed by atoms with Crippen molar-refractivity contribution in [1.82, 2.24) is 9.74 Å². The highest BCUT2D eigenvalue weighted by Crippen LogP contribution is 2.24. The molecule has 0 saturated carbocycles. The minimum absolute atomic E-state index is 0.241. The molecule has 1 aromatic carbocycles. The average Bonchev–Trinajstić information content (AvgIpc) is 2.38. The maximum Gasteiger partial charge on any atom is 0.123 e. The summed E-state index contributed by atoms with van der Waals surface area (Å²) in [7, 11) is 0. The van der Waals surface area contributed by atoms with Crippen molar-refractivity contribution >= 4 is 17.5 Å². The summed E-state index contributed by atoms with van der Waals surface area (Å²) in [5, 5.41) is 3.32. The number of hydrogen-bond acceptors (Lipinski definition) is 2. The van der Waals surface area contributed by atoms with Crippen LogP contribution in [0.5, 0.6) is 0 Å². The fourth-order valence-electron chi connectivity index (χ4n) is 1.70. The topological polar surface area (TPSA) is 15.3 Å². The van der Waals surface area contributed by atoms with E-state index in [1.807, 2.05) is 13.8 Å². The predicted octanol–water partition coefficient (Wildman–Crippen LogP) is 3.99. The second-order valence-electron chi connectivity index (χ2n) is 4.09. The number of hydrogen-bond donors (Lipinski definition) is 1. The minimum Gasteiger partial charge on any atom is -0.387 e. The summed E-state index contributed by atoms with van der Waals surface area (Å²) in [6, 6.07) is 6.38. The second-order valence-corrected chi connectivity index (χ2v) is 4.49. The Balaban J connectivity index is 3.08.